The number of amides is 1. The lowest BCUT2D eigenvalue weighted by Crippen LogP contribution is -2.34. The number of fused-ring (bicyclic) bond motifs is 1. The third-order valence-electron chi connectivity index (χ3n) is 2.80. The highest BCUT2D eigenvalue weighted by molar-refractivity contribution is 5.76. The second kappa shape index (κ2) is 5.53. The van der Waals surface area contributed by atoms with E-state index in [1.165, 1.54) is 5.56 Å². The van der Waals surface area contributed by atoms with Gasteiger partial charge in [-0.05, 0) is 45.4 Å². The Morgan fingerprint density at radius 1 is 1.40 bits per heavy atom. The summed E-state index contributed by atoms with van der Waals surface area (Å²) in [6.07, 6.45) is 1.40. The molecular weight excluding hydrogens is 254 g/mol. The highest BCUT2D eigenvalue weighted by atomic mass is 16.6. The molecule has 1 aromatic carbocycles. The highest BCUT2D eigenvalue weighted by Gasteiger charge is 2.15. The number of aromatic nitrogens is 2. The molecule has 0 aliphatic rings. The molecular formula is C15H21N3O2. The Labute approximate surface area is 118 Å². The average Bonchev–Trinajstić information content (AvgIpc) is 2.69. The third kappa shape index (κ3) is 3.73. The fourth-order valence-corrected chi connectivity index (χ4v) is 1.94. The Bertz CT molecular complexity index is 611. The molecule has 5 heteroatoms. The maximum Gasteiger partial charge on any atom is 0.407 e. The first kappa shape index (κ1) is 14.4. The van der Waals surface area contributed by atoms with Crippen LogP contribution < -0.4 is 5.32 Å². The van der Waals surface area contributed by atoms with Gasteiger partial charge in [-0.1, -0.05) is 6.07 Å². The molecule has 0 bridgehead atoms. The van der Waals surface area contributed by atoms with Gasteiger partial charge in [-0.3, -0.25) is 0 Å². The first-order valence-electron chi connectivity index (χ1n) is 6.73. The van der Waals surface area contributed by atoms with Crippen LogP contribution in [0.4, 0.5) is 4.79 Å². The van der Waals surface area contributed by atoms with Crippen LogP contribution in [0, 0.1) is 6.92 Å². The lowest BCUT2D eigenvalue weighted by molar-refractivity contribution is 0.0526. The van der Waals surface area contributed by atoms with Gasteiger partial charge >= 0.3 is 6.09 Å². The van der Waals surface area contributed by atoms with Gasteiger partial charge in [0.25, 0.3) is 0 Å². The van der Waals surface area contributed by atoms with E-state index in [0.29, 0.717) is 13.1 Å². The molecule has 0 atom stereocenters. The molecule has 2 rings (SSSR count). The minimum absolute atomic E-state index is 0.391. The van der Waals surface area contributed by atoms with E-state index in [1.807, 2.05) is 37.5 Å². The first-order chi connectivity index (χ1) is 9.35. The zero-order chi connectivity index (χ0) is 14.8. The molecule has 1 heterocycles. The molecule has 1 aromatic heterocycles. The zero-order valence-corrected chi connectivity index (χ0v) is 12.4. The average molecular weight is 275 g/mol. The summed E-state index contributed by atoms with van der Waals surface area (Å²) in [4.78, 5) is 15.9. The molecule has 0 radical (unpaired) electrons. The molecule has 0 fully saturated rings. The third-order valence-corrected chi connectivity index (χ3v) is 2.80. The van der Waals surface area contributed by atoms with E-state index in [1.54, 1.807) is 6.33 Å². The van der Waals surface area contributed by atoms with E-state index in [-0.39, 0.29) is 0 Å². The number of hydrogen-bond acceptors (Lipinski definition) is 3. The van der Waals surface area contributed by atoms with Crippen LogP contribution in [0.2, 0.25) is 0 Å². The number of carbonyl (C=O) groups is 1. The summed E-state index contributed by atoms with van der Waals surface area (Å²) in [6, 6.07) is 6.14. The van der Waals surface area contributed by atoms with Gasteiger partial charge in [0.15, 0.2) is 0 Å². The molecule has 0 saturated carbocycles. The molecule has 0 unspecified atom stereocenters. The van der Waals surface area contributed by atoms with Gasteiger partial charge in [0.05, 0.1) is 17.4 Å². The van der Waals surface area contributed by atoms with Crippen LogP contribution in [0.1, 0.15) is 26.3 Å². The molecule has 0 spiro atoms. The van der Waals surface area contributed by atoms with Gasteiger partial charge in [-0.25, -0.2) is 9.78 Å². The van der Waals surface area contributed by atoms with Crippen molar-refractivity contribution in [2.75, 3.05) is 6.54 Å². The predicted molar refractivity (Wildman–Crippen MR) is 78.7 cm³/mol. The van der Waals surface area contributed by atoms with Gasteiger partial charge in [-0.15, -0.1) is 0 Å². The lowest BCUT2D eigenvalue weighted by atomic mass is 10.2. The summed E-state index contributed by atoms with van der Waals surface area (Å²) in [5.41, 5.74) is 2.77. The number of imidazole rings is 1. The second-order valence-corrected chi connectivity index (χ2v) is 5.86. The van der Waals surface area contributed by atoms with E-state index in [0.717, 1.165) is 11.0 Å². The summed E-state index contributed by atoms with van der Waals surface area (Å²) in [6.45, 7) is 8.76. The molecule has 0 saturated heterocycles. The number of nitrogens with one attached hydrogen (secondary N) is 1. The van der Waals surface area contributed by atoms with Crippen LogP contribution in [0.5, 0.6) is 0 Å². The van der Waals surface area contributed by atoms with Crippen LogP contribution in [0.25, 0.3) is 11.0 Å². The number of hydrogen-bond donors (Lipinski definition) is 1. The molecule has 1 amide bonds. The van der Waals surface area contributed by atoms with Crippen molar-refractivity contribution in [1.29, 1.82) is 0 Å². The largest absolute Gasteiger partial charge is 0.444 e. The Kier molecular flexibility index (Phi) is 3.97. The zero-order valence-electron chi connectivity index (χ0n) is 12.4. The van der Waals surface area contributed by atoms with Crippen LogP contribution in [-0.2, 0) is 11.3 Å². The van der Waals surface area contributed by atoms with E-state index in [2.05, 4.69) is 23.3 Å². The number of carbonyl (C=O) groups excluding carboxylic acids is 1. The van der Waals surface area contributed by atoms with Crippen LogP contribution in [0.3, 0.4) is 0 Å². The fourth-order valence-electron chi connectivity index (χ4n) is 1.94. The maximum absolute atomic E-state index is 11.5. The molecule has 2 aromatic rings. The summed E-state index contributed by atoms with van der Waals surface area (Å²) >= 11 is 0. The molecule has 0 aliphatic carbocycles. The van der Waals surface area contributed by atoms with Crippen molar-refractivity contribution in [1.82, 2.24) is 14.9 Å². The topological polar surface area (TPSA) is 56.2 Å². The highest BCUT2D eigenvalue weighted by Crippen LogP contribution is 2.14. The van der Waals surface area contributed by atoms with Crippen molar-refractivity contribution in [3.05, 3.63) is 30.1 Å². The van der Waals surface area contributed by atoms with Gasteiger partial charge in [-0.2, -0.15) is 0 Å². The molecule has 20 heavy (non-hydrogen) atoms. The number of ether oxygens (including phenoxy) is 1. The number of alkyl carbamates (subject to hydrolysis) is 1. The minimum Gasteiger partial charge on any atom is -0.444 e. The van der Waals surface area contributed by atoms with E-state index < -0.39 is 11.7 Å². The minimum atomic E-state index is -0.469. The van der Waals surface area contributed by atoms with Crippen molar-refractivity contribution < 1.29 is 9.53 Å². The molecule has 5 nitrogen and oxygen atoms in total. The number of rotatable bonds is 3. The summed E-state index contributed by atoms with van der Waals surface area (Å²) in [7, 11) is 0. The monoisotopic (exact) mass is 275 g/mol. The van der Waals surface area contributed by atoms with Gasteiger partial charge in [0, 0.05) is 13.1 Å². The Morgan fingerprint density at radius 3 is 2.85 bits per heavy atom. The van der Waals surface area contributed by atoms with E-state index in [9.17, 15) is 4.79 Å². The van der Waals surface area contributed by atoms with Gasteiger partial charge in [0.1, 0.15) is 5.60 Å². The van der Waals surface area contributed by atoms with Crippen molar-refractivity contribution in [2.45, 2.75) is 39.8 Å². The molecule has 1 N–H and O–H groups in total. The maximum atomic E-state index is 11.5. The summed E-state index contributed by atoms with van der Waals surface area (Å²) < 4.78 is 7.22. The number of aryl methyl sites for hydroxylation is 1. The lowest BCUT2D eigenvalue weighted by Gasteiger charge is -2.19. The Morgan fingerprint density at radius 2 is 2.15 bits per heavy atom. The van der Waals surface area contributed by atoms with E-state index >= 15 is 0 Å². The standard InChI is InChI=1S/C15H21N3O2/c1-11-5-6-12-13(9-11)18(10-17-12)8-7-16-14(19)20-15(2,3)4/h5-6,9-10H,7-8H2,1-4H3,(H,16,19). The Balaban J connectivity index is 1.93. The number of benzene rings is 1. The number of nitrogens with zero attached hydrogens (tertiary/aromatic N) is 2. The summed E-state index contributed by atoms with van der Waals surface area (Å²) in [5, 5.41) is 2.75. The normalized spacial score (nSPS) is 11.6. The fraction of sp³-hybridized carbons (Fsp3) is 0.467. The predicted octanol–water partition coefficient (Wildman–Crippen LogP) is 2.87. The van der Waals surface area contributed by atoms with Crippen molar-refractivity contribution in [3.8, 4) is 0 Å². The molecule has 108 valence electrons. The quantitative estimate of drug-likeness (QED) is 0.937. The van der Waals surface area contributed by atoms with Crippen LogP contribution >= 0.6 is 0 Å². The molecule has 0 aliphatic heterocycles. The second-order valence-electron chi connectivity index (χ2n) is 5.86. The van der Waals surface area contributed by atoms with Gasteiger partial charge < -0.3 is 14.6 Å². The van der Waals surface area contributed by atoms with Crippen molar-refractivity contribution >= 4 is 17.1 Å². The Hall–Kier alpha value is -2.04. The van der Waals surface area contributed by atoms with Crippen molar-refractivity contribution in [2.24, 2.45) is 0 Å². The smallest absolute Gasteiger partial charge is 0.407 e. The van der Waals surface area contributed by atoms with Crippen LogP contribution in [-0.4, -0.2) is 27.8 Å². The first-order valence-corrected chi connectivity index (χ1v) is 6.73. The summed E-state index contributed by atoms with van der Waals surface area (Å²) in [5.74, 6) is 0. The van der Waals surface area contributed by atoms with Gasteiger partial charge in [0.2, 0.25) is 0 Å². The van der Waals surface area contributed by atoms with Crippen LogP contribution in [0.15, 0.2) is 24.5 Å². The van der Waals surface area contributed by atoms with Crippen molar-refractivity contribution in [3.63, 3.8) is 0 Å². The SMILES string of the molecule is Cc1ccc2ncn(CCNC(=O)OC(C)(C)C)c2c1. The van der Waals surface area contributed by atoms with E-state index in [4.69, 9.17) is 4.74 Å².